The van der Waals surface area contributed by atoms with Crippen LogP contribution in [0.5, 0.6) is 34.5 Å². The van der Waals surface area contributed by atoms with Gasteiger partial charge in [-0.2, -0.15) is 0 Å². The van der Waals surface area contributed by atoms with E-state index in [1.807, 2.05) is 18.2 Å². The first kappa shape index (κ1) is 39.2. The summed E-state index contributed by atoms with van der Waals surface area (Å²) >= 11 is 0. The smallest absolute Gasteiger partial charge is 0.242 e. The van der Waals surface area contributed by atoms with Crippen LogP contribution in [-0.4, -0.2) is 49.9 Å². The molecule has 3 aromatic rings. The third-order valence-electron chi connectivity index (χ3n) is 5.66. The number of benzene rings is 2. The summed E-state index contributed by atoms with van der Waals surface area (Å²) in [5, 5.41) is 0.350. The Morgan fingerprint density at radius 2 is 0.830 bits per heavy atom. The van der Waals surface area contributed by atoms with Crippen LogP contribution in [0.25, 0.3) is 22.3 Å². The van der Waals surface area contributed by atoms with Gasteiger partial charge in [0.2, 0.25) is 55.3 Å². The van der Waals surface area contributed by atoms with Crippen molar-refractivity contribution >= 4 is 60.9 Å². The van der Waals surface area contributed by atoms with E-state index in [9.17, 15) is 4.79 Å². The van der Waals surface area contributed by atoms with Gasteiger partial charge in [0.1, 0.15) is 34.0 Å². The lowest BCUT2D eigenvalue weighted by Crippen LogP contribution is -2.34. The number of fused-ring (bicyclic) bond motifs is 1. The predicted octanol–water partition coefficient (Wildman–Crippen LogP) is 10.7. The van der Waals surface area contributed by atoms with Crippen molar-refractivity contribution < 1.29 is 31.0 Å². The molecule has 262 valence electrons. The third-order valence-corrected chi connectivity index (χ3v) is 10.6. The molecule has 0 aliphatic rings. The van der Waals surface area contributed by atoms with Gasteiger partial charge in [-0.3, -0.25) is 4.79 Å². The average Bonchev–Trinajstić information content (AvgIpc) is 2.76. The van der Waals surface area contributed by atoms with E-state index in [1.54, 1.807) is 6.07 Å². The maximum Gasteiger partial charge on any atom is 0.242 e. The minimum absolute atomic E-state index is 0.160. The van der Waals surface area contributed by atoms with Crippen LogP contribution in [0, 0.1) is 0 Å². The van der Waals surface area contributed by atoms with Crippen molar-refractivity contribution in [2.75, 3.05) is 0 Å². The van der Waals surface area contributed by atoms with Crippen LogP contribution in [0.15, 0.2) is 33.5 Å². The Balaban J connectivity index is 2.56. The zero-order valence-corrected chi connectivity index (χ0v) is 38.1. The molecule has 0 atom stereocenters. The van der Waals surface area contributed by atoms with E-state index in [0.717, 1.165) is 0 Å². The fraction of sp³-hybridized carbons (Fsp3) is 0.545. The lowest BCUT2D eigenvalue weighted by atomic mass is 10.1. The third kappa shape index (κ3) is 12.0. The summed E-state index contributed by atoms with van der Waals surface area (Å²) in [6, 6.07) is 7.45. The van der Waals surface area contributed by atoms with Crippen LogP contribution in [0.1, 0.15) is 0 Å². The maximum atomic E-state index is 14.7. The van der Waals surface area contributed by atoms with Gasteiger partial charge in [0, 0.05) is 17.7 Å². The molecule has 0 aliphatic heterocycles. The van der Waals surface area contributed by atoms with E-state index < -0.39 is 49.9 Å². The van der Waals surface area contributed by atoms with Crippen molar-refractivity contribution in [1.29, 1.82) is 0 Å². The summed E-state index contributed by atoms with van der Waals surface area (Å²) in [5.41, 5.74) is 0.713. The van der Waals surface area contributed by atoms with Gasteiger partial charge >= 0.3 is 0 Å². The fourth-order valence-electron chi connectivity index (χ4n) is 4.58. The van der Waals surface area contributed by atoms with Crippen molar-refractivity contribution in [3.05, 3.63) is 34.5 Å². The molecule has 1 heterocycles. The predicted molar refractivity (Wildman–Crippen MR) is 212 cm³/mol. The molecular formula is C33H58O8Si6. The molecule has 14 heteroatoms. The van der Waals surface area contributed by atoms with Gasteiger partial charge in [0.05, 0.1) is 0 Å². The lowest BCUT2D eigenvalue weighted by molar-refractivity contribution is 0.453. The van der Waals surface area contributed by atoms with Crippen molar-refractivity contribution in [1.82, 2.24) is 0 Å². The van der Waals surface area contributed by atoms with Crippen LogP contribution in [0.3, 0.4) is 0 Å². The molecule has 0 unspecified atom stereocenters. The molecule has 8 nitrogen and oxygen atoms in total. The monoisotopic (exact) mass is 750 g/mol. The van der Waals surface area contributed by atoms with Gasteiger partial charge < -0.3 is 31.0 Å². The largest absolute Gasteiger partial charge is 0.544 e. The van der Waals surface area contributed by atoms with Crippen LogP contribution < -0.4 is 32.0 Å². The molecule has 3 rings (SSSR count). The SMILES string of the molecule is C[Si](C)(C)Oc1cc(O[Si](C)(C)C)c2c(=O)c(O[Si](C)(C)C)c(-c3cc(O[Si](C)(C)C)c(O[Si](C)(C)C)c(O[Si](C)(C)C)c3)oc2c1. The molecular weight excluding hydrogens is 693 g/mol. The van der Waals surface area contributed by atoms with Crippen LogP contribution >= 0.6 is 0 Å². The second-order valence-corrected chi connectivity index (χ2v) is 44.5. The topological polar surface area (TPSA) is 85.6 Å². The Morgan fingerprint density at radius 1 is 0.447 bits per heavy atom. The number of hydrogen-bond acceptors (Lipinski definition) is 8. The van der Waals surface area contributed by atoms with Gasteiger partial charge in [0.25, 0.3) is 0 Å². The molecule has 0 radical (unpaired) electrons. The standard InChI is InChI=1S/C33H58O8Si6/c1-42(2,3)36-24-21-25-29(26(22-24)37-43(4,5)6)30(34)33(41-47(16,17)18)31(35-25)23-19-27(38-44(7,8)9)32(40-46(13,14)15)28(20-23)39-45(10,11)12/h19-22H,1-18H3. The Hall–Kier alpha value is -2.25. The van der Waals surface area contributed by atoms with Gasteiger partial charge in [0.15, 0.2) is 17.3 Å². The first-order valence-corrected chi connectivity index (χ1v) is 36.8. The fourth-order valence-corrected chi connectivity index (χ4v) is 9.46. The van der Waals surface area contributed by atoms with E-state index in [-0.39, 0.29) is 11.2 Å². The second-order valence-electron chi connectivity index (χ2n) is 18.0. The molecule has 47 heavy (non-hydrogen) atoms. The van der Waals surface area contributed by atoms with Crippen LogP contribution in [0.2, 0.25) is 118 Å². The Kier molecular flexibility index (Phi) is 11.0. The summed E-state index contributed by atoms with van der Waals surface area (Å²) in [6.07, 6.45) is 0. The highest BCUT2D eigenvalue weighted by molar-refractivity contribution is 6.72. The summed E-state index contributed by atoms with van der Waals surface area (Å²) < 4.78 is 46.3. The van der Waals surface area contributed by atoms with Crippen molar-refractivity contribution in [2.45, 2.75) is 118 Å². The van der Waals surface area contributed by atoms with E-state index in [1.165, 1.54) is 0 Å². The summed E-state index contributed by atoms with van der Waals surface area (Å²) in [6.45, 7) is 38.0. The summed E-state index contributed by atoms with van der Waals surface area (Å²) in [5.74, 6) is 3.31. The molecule has 0 saturated heterocycles. The minimum atomic E-state index is -2.31. The van der Waals surface area contributed by atoms with Crippen LogP contribution in [-0.2, 0) is 0 Å². The Morgan fingerprint density at radius 3 is 1.23 bits per heavy atom. The Labute approximate surface area is 288 Å². The van der Waals surface area contributed by atoms with Gasteiger partial charge in [-0.1, -0.05) is 0 Å². The normalized spacial score (nSPS) is 13.4. The second kappa shape index (κ2) is 13.2. The van der Waals surface area contributed by atoms with E-state index in [4.69, 9.17) is 31.0 Å². The zero-order valence-electron chi connectivity index (χ0n) is 32.1. The van der Waals surface area contributed by atoms with E-state index in [0.29, 0.717) is 51.0 Å². The number of hydrogen-bond donors (Lipinski definition) is 0. The number of rotatable bonds is 13. The Bertz CT molecular complexity index is 1620. The highest BCUT2D eigenvalue weighted by Crippen LogP contribution is 2.47. The minimum Gasteiger partial charge on any atom is -0.544 e. The average molecular weight is 751 g/mol. The van der Waals surface area contributed by atoms with Crippen LogP contribution in [0.4, 0.5) is 0 Å². The highest BCUT2D eigenvalue weighted by atomic mass is 28.4. The zero-order chi connectivity index (χ0) is 36.1. The van der Waals surface area contributed by atoms with Crippen molar-refractivity contribution in [3.63, 3.8) is 0 Å². The molecule has 1 aromatic heterocycles. The molecule has 0 amide bonds. The molecule has 0 fully saturated rings. The molecule has 0 bridgehead atoms. The summed E-state index contributed by atoms with van der Waals surface area (Å²) in [7, 11) is -12.8. The molecule has 0 saturated carbocycles. The first-order chi connectivity index (χ1) is 20.9. The molecule has 0 aliphatic carbocycles. The first-order valence-electron chi connectivity index (χ1n) is 16.4. The molecule has 2 aromatic carbocycles. The van der Waals surface area contributed by atoms with Crippen molar-refractivity contribution in [2.24, 2.45) is 0 Å². The summed E-state index contributed by atoms with van der Waals surface area (Å²) in [4.78, 5) is 14.7. The highest BCUT2D eigenvalue weighted by Gasteiger charge is 2.33. The van der Waals surface area contributed by atoms with Gasteiger partial charge in [-0.25, -0.2) is 0 Å². The van der Waals surface area contributed by atoms with Gasteiger partial charge in [-0.15, -0.1) is 0 Å². The molecule has 0 N–H and O–H groups in total. The van der Waals surface area contributed by atoms with Crippen molar-refractivity contribution in [3.8, 4) is 45.8 Å². The van der Waals surface area contributed by atoms with E-state index in [2.05, 4.69) is 118 Å². The van der Waals surface area contributed by atoms with E-state index >= 15 is 0 Å². The maximum absolute atomic E-state index is 14.7. The quantitative estimate of drug-likeness (QED) is 0.160. The van der Waals surface area contributed by atoms with Gasteiger partial charge in [-0.05, 0) is 130 Å². The molecule has 0 spiro atoms. The lowest BCUT2D eigenvalue weighted by Gasteiger charge is -2.30.